The van der Waals surface area contributed by atoms with Crippen LogP contribution in [0.1, 0.15) is 51.2 Å². The maximum Gasteiger partial charge on any atom is 0.246 e. The summed E-state index contributed by atoms with van der Waals surface area (Å²) in [6.45, 7) is 7.91. The zero-order valence-corrected chi connectivity index (χ0v) is 25.0. The van der Waals surface area contributed by atoms with Crippen LogP contribution in [0.3, 0.4) is 0 Å². The van der Waals surface area contributed by atoms with E-state index in [0.29, 0.717) is 54.7 Å². The fourth-order valence-corrected chi connectivity index (χ4v) is 3.45. The van der Waals surface area contributed by atoms with Gasteiger partial charge in [-0.15, -0.1) is 0 Å². The number of hydrogen-bond donors (Lipinski definition) is 3. The molecule has 218 valence electrons. The first kappa shape index (κ1) is 32.8. The van der Waals surface area contributed by atoms with Crippen LogP contribution in [0.15, 0.2) is 42.6 Å². The molecule has 0 fully saturated rings. The van der Waals surface area contributed by atoms with Gasteiger partial charge in [0.25, 0.3) is 0 Å². The minimum Gasteiger partial charge on any atom is -0.369 e. The maximum atomic E-state index is 12.5. The Morgan fingerprint density at radius 1 is 1.10 bits per heavy atom. The predicted molar refractivity (Wildman–Crippen MR) is 163 cm³/mol. The van der Waals surface area contributed by atoms with Crippen LogP contribution in [0.4, 0.5) is 17.5 Å². The van der Waals surface area contributed by atoms with Gasteiger partial charge in [0.15, 0.2) is 0 Å². The van der Waals surface area contributed by atoms with E-state index in [1.54, 1.807) is 50.5 Å². The Kier molecular flexibility index (Phi) is 13.9. The summed E-state index contributed by atoms with van der Waals surface area (Å²) < 4.78 is 0. The first-order valence-corrected chi connectivity index (χ1v) is 13.8. The van der Waals surface area contributed by atoms with Gasteiger partial charge in [-0.25, -0.2) is 4.98 Å². The van der Waals surface area contributed by atoms with Gasteiger partial charge in [0, 0.05) is 44.9 Å². The number of nitriles is 1. The minimum atomic E-state index is -0.578. The van der Waals surface area contributed by atoms with Crippen LogP contribution < -0.4 is 16.0 Å². The lowest BCUT2D eigenvalue weighted by Crippen LogP contribution is -2.45. The Hall–Kier alpha value is -4.41. The van der Waals surface area contributed by atoms with E-state index in [1.807, 2.05) is 19.0 Å². The molecule has 2 amide bonds. The van der Waals surface area contributed by atoms with Gasteiger partial charge in [0.1, 0.15) is 11.9 Å². The molecule has 1 aromatic carbocycles. The Bertz CT molecular complexity index is 1270. The third-order valence-electron chi connectivity index (χ3n) is 6.11. The summed E-state index contributed by atoms with van der Waals surface area (Å²) in [6.07, 6.45) is 7.19. The van der Waals surface area contributed by atoms with Gasteiger partial charge in [0.05, 0.1) is 23.4 Å². The molecule has 1 aromatic heterocycles. The van der Waals surface area contributed by atoms with Crippen LogP contribution in [-0.4, -0.2) is 78.4 Å². The second-order valence-electron chi connectivity index (χ2n) is 10.4. The number of rotatable bonds is 14. The molecule has 3 N–H and O–H groups in total. The number of benzene rings is 1. The van der Waals surface area contributed by atoms with Crippen LogP contribution in [0.2, 0.25) is 0 Å². The van der Waals surface area contributed by atoms with Crippen molar-refractivity contribution in [3.8, 4) is 17.9 Å². The standard InChI is InChI=1S/C31H42N8O2/c1-23(2)17-19-33-29-26(22-35-31(37-29)36-27-15-13-25(21-32)14-16-27)11-8-7-9-18-34-30(41)24(3)39(6)28(40)12-10-20-38(4)5/h10,12-16,22-24H,7,9,17-20H2,1-6H3,(H,34,41)(H2,33,35,36,37)/t24-/m0/s1. The maximum absolute atomic E-state index is 12.5. The van der Waals surface area contributed by atoms with Crippen molar-refractivity contribution in [2.24, 2.45) is 5.92 Å². The Morgan fingerprint density at radius 2 is 1.83 bits per heavy atom. The van der Waals surface area contributed by atoms with Gasteiger partial charge >= 0.3 is 0 Å². The highest BCUT2D eigenvalue weighted by atomic mass is 16.2. The fourth-order valence-electron chi connectivity index (χ4n) is 3.45. The number of unbranched alkanes of at least 4 members (excludes halogenated alkanes) is 1. The molecule has 10 nitrogen and oxygen atoms in total. The summed E-state index contributed by atoms with van der Waals surface area (Å²) in [5.74, 6) is 7.52. The van der Waals surface area contributed by atoms with Crippen LogP contribution >= 0.6 is 0 Å². The van der Waals surface area contributed by atoms with E-state index in [-0.39, 0.29) is 11.8 Å². The van der Waals surface area contributed by atoms with Gasteiger partial charge in [0.2, 0.25) is 17.8 Å². The van der Waals surface area contributed by atoms with Gasteiger partial charge in [-0.2, -0.15) is 10.2 Å². The number of hydrogen-bond acceptors (Lipinski definition) is 8. The van der Waals surface area contributed by atoms with Crippen molar-refractivity contribution < 1.29 is 9.59 Å². The Morgan fingerprint density at radius 3 is 2.49 bits per heavy atom. The number of aromatic nitrogens is 2. The lowest BCUT2D eigenvalue weighted by Gasteiger charge is -2.23. The fraction of sp³-hybridized carbons (Fsp3) is 0.452. The molecule has 10 heteroatoms. The molecular weight excluding hydrogens is 516 g/mol. The number of amides is 2. The normalized spacial score (nSPS) is 11.5. The monoisotopic (exact) mass is 558 g/mol. The SMILES string of the molecule is CC(C)CCNc1nc(Nc2ccc(C#N)cc2)ncc1C#CCCCNC(=O)[C@H](C)N(C)C(=O)C=CCN(C)C. The van der Waals surface area contributed by atoms with Crippen LogP contribution in [0, 0.1) is 29.1 Å². The van der Waals surface area contributed by atoms with Crippen molar-refractivity contribution in [1.29, 1.82) is 5.26 Å². The van der Waals surface area contributed by atoms with Crippen molar-refractivity contribution in [2.45, 2.75) is 46.1 Å². The van der Waals surface area contributed by atoms with E-state index in [4.69, 9.17) is 5.26 Å². The predicted octanol–water partition coefficient (Wildman–Crippen LogP) is 3.76. The van der Waals surface area contributed by atoms with Crippen LogP contribution in [0.25, 0.3) is 0 Å². The molecule has 2 aromatic rings. The first-order chi connectivity index (χ1) is 19.6. The second kappa shape index (κ2) is 17.3. The summed E-state index contributed by atoms with van der Waals surface area (Å²) in [7, 11) is 5.47. The van der Waals surface area contributed by atoms with Gasteiger partial charge < -0.3 is 25.8 Å². The molecular formula is C31H42N8O2. The Balaban J connectivity index is 1.93. The molecule has 0 aliphatic carbocycles. The average Bonchev–Trinajstić information content (AvgIpc) is 2.94. The zero-order chi connectivity index (χ0) is 30.2. The van der Waals surface area contributed by atoms with Crippen molar-refractivity contribution in [1.82, 2.24) is 25.1 Å². The largest absolute Gasteiger partial charge is 0.369 e. The molecule has 0 aliphatic heterocycles. The summed E-state index contributed by atoms with van der Waals surface area (Å²) in [5, 5.41) is 18.4. The quantitative estimate of drug-likeness (QED) is 0.182. The molecule has 0 bridgehead atoms. The van der Waals surface area contributed by atoms with Crippen LogP contribution in [0.5, 0.6) is 0 Å². The first-order valence-electron chi connectivity index (χ1n) is 13.8. The molecule has 41 heavy (non-hydrogen) atoms. The van der Waals surface area contributed by atoms with E-state index < -0.39 is 6.04 Å². The van der Waals surface area contributed by atoms with E-state index in [1.165, 1.54) is 11.0 Å². The highest BCUT2D eigenvalue weighted by Gasteiger charge is 2.20. The van der Waals surface area contributed by atoms with Crippen molar-refractivity contribution in [2.75, 3.05) is 51.4 Å². The molecule has 2 rings (SSSR count). The molecule has 0 saturated heterocycles. The summed E-state index contributed by atoms with van der Waals surface area (Å²) >= 11 is 0. The van der Waals surface area contributed by atoms with Crippen molar-refractivity contribution in [3.05, 3.63) is 53.7 Å². The summed E-state index contributed by atoms with van der Waals surface area (Å²) in [4.78, 5) is 37.2. The molecule has 1 atom stereocenters. The average molecular weight is 559 g/mol. The van der Waals surface area contributed by atoms with Gasteiger partial charge in [-0.05, 0) is 64.0 Å². The number of carbonyl (C=O) groups excluding carboxylic acids is 2. The molecule has 0 spiro atoms. The zero-order valence-electron chi connectivity index (χ0n) is 25.0. The van der Waals surface area contributed by atoms with E-state index in [2.05, 4.69) is 57.7 Å². The number of nitrogens with one attached hydrogen (secondary N) is 3. The molecule has 1 heterocycles. The highest BCUT2D eigenvalue weighted by Crippen LogP contribution is 2.18. The summed E-state index contributed by atoms with van der Waals surface area (Å²) in [6, 6.07) is 8.60. The smallest absolute Gasteiger partial charge is 0.246 e. The van der Waals surface area contributed by atoms with Gasteiger partial charge in [-0.1, -0.05) is 31.8 Å². The van der Waals surface area contributed by atoms with Gasteiger partial charge in [-0.3, -0.25) is 9.59 Å². The third kappa shape index (κ3) is 12.1. The minimum absolute atomic E-state index is 0.204. The number of likely N-dealkylation sites (N-methyl/N-ethyl adjacent to an activating group) is 2. The van der Waals surface area contributed by atoms with Crippen molar-refractivity contribution in [3.63, 3.8) is 0 Å². The number of anilines is 3. The van der Waals surface area contributed by atoms with E-state index in [0.717, 1.165) is 18.7 Å². The number of nitrogens with zero attached hydrogens (tertiary/aromatic N) is 5. The second-order valence-corrected chi connectivity index (χ2v) is 10.4. The van der Waals surface area contributed by atoms with E-state index >= 15 is 0 Å². The summed E-state index contributed by atoms with van der Waals surface area (Å²) in [5.41, 5.74) is 2.06. The molecule has 0 saturated carbocycles. The van der Waals surface area contributed by atoms with Crippen molar-refractivity contribution >= 4 is 29.3 Å². The molecule has 0 unspecified atom stereocenters. The highest BCUT2D eigenvalue weighted by molar-refractivity contribution is 5.92. The number of carbonyl (C=O) groups is 2. The molecule has 0 aliphatic rings. The van der Waals surface area contributed by atoms with E-state index in [9.17, 15) is 9.59 Å². The molecule has 0 radical (unpaired) electrons. The topological polar surface area (TPSA) is 126 Å². The lowest BCUT2D eigenvalue weighted by molar-refractivity contribution is -0.135. The lowest BCUT2D eigenvalue weighted by atomic mass is 10.1. The van der Waals surface area contributed by atoms with Crippen LogP contribution in [-0.2, 0) is 9.59 Å². The Labute approximate surface area is 244 Å². The third-order valence-corrected chi connectivity index (χ3v) is 6.11.